The third-order valence-electron chi connectivity index (χ3n) is 4.26. The molecule has 1 heterocycles. The lowest BCUT2D eigenvalue weighted by Crippen LogP contribution is -2.40. The SMILES string of the molecule is CCCCC(=O)O[C@@H](c1ccccc1)[C@H](C)N(C)S(=O)(=O)c1cccs1. The summed E-state index contributed by atoms with van der Waals surface area (Å²) in [6, 6.07) is 12.0. The van der Waals surface area contributed by atoms with Crippen LogP contribution in [0.2, 0.25) is 0 Å². The first-order valence-electron chi connectivity index (χ1n) is 8.64. The van der Waals surface area contributed by atoms with E-state index in [1.165, 1.54) is 22.7 Å². The van der Waals surface area contributed by atoms with Crippen LogP contribution in [0.5, 0.6) is 0 Å². The number of likely N-dealkylation sites (N-methyl/N-ethyl adjacent to an activating group) is 1. The molecular formula is C19H25NO4S2. The van der Waals surface area contributed by atoms with E-state index in [2.05, 4.69) is 0 Å². The molecule has 2 aromatic rings. The van der Waals surface area contributed by atoms with Crippen LogP contribution in [0.4, 0.5) is 0 Å². The Morgan fingerprint density at radius 2 is 1.88 bits per heavy atom. The summed E-state index contributed by atoms with van der Waals surface area (Å²) in [5.41, 5.74) is 0.776. The molecule has 0 aliphatic rings. The summed E-state index contributed by atoms with van der Waals surface area (Å²) in [7, 11) is -2.12. The van der Waals surface area contributed by atoms with Gasteiger partial charge >= 0.3 is 5.97 Å². The number of hydrogen-bond donors (Lipinski definition) is 0. The highest BCUT2D eigenvalue weighted by Gasteiger charge is 2.34. The van der Waals surface area contributed by atoms with Crippen molar-refractivity contribution in [1.29, 1.82) is 0 Å². The second-order valence-electron chi connectivity index (χ2n) is 6.12. The maximum Gasteiger partial charge on any atom is 0.306 e. The van der Waals surface area contributed by atoms with Crippen LogP contribution in [0, 0.1) is 0 Å². The molecule has 0 radical (unpaired) electrons. The standard InChI is InChI=1S/C19H25NO4S2/c1-4-5-12-17(21)24-19(16-10-7-6-8-11-16)15(2)20(3)26(22,23)18-13-9-14-25-18/h6-11,13-15,19H,4-5,12H2,1-3H3/t15-,19+/m0/s1. The lowest BCUT2D eigenvalue weighted by molar-refractivity contribution is -0.152. The Morgan fingerprint density at radius 1 is 1.19 bits per heavy atom. The molecule has 0 N–H and O–H groups in total. The molecule has 0 aliphatic carbocycles. The minimum atomic E-state index is -3.64. The van der Waals surface area contributed by atoms with E-state index < -0.39 is 22.2 Å². The molecule has 5 nitrogen and oxygen atoms in total. The molecule has 0 saturated carbocycles. The first kappa shape index (κ1) is 20.6. The number of esters is 1. The molecule has 7 heteroatoms. The lowest BCUT2D eigenvalue weighted by atomic mass is 10.0. The van der Waals surface area contributed by atoms with Crippen LogP contribution in [0.3, 0.4) is 0 Å². The van der Waals surface area contributed by atoms with E-state index in [0.29, 0.717) is 6.42 Å². The van der Waals surface area contributed by atoms with Gasteiger partial charge in [-0.05, 0) is 30.4 Å². The number of carbonyl (C=O) groups is 1. The van der Waals surface area contributed by atoms with E-state index in [-0.39, 0.29) is 10.2 Å². The van der Waals surface area contributed by atoms with E-state index in [1.54, 1.807) is 24.4 Å². The first-order chi connectivity index (χ1) is 12.4. The highest BCUT2D eigenvalue weighted by atomic mass is 32.2. The summed E-state index contributed by atoms with van der Waals surface area (Å²) < 4.78 is 32.9. The fourth-order valence-corrected chi connectivity index (χ4v) is 5.11. The van der Waals surface area contributed by atoms with Crippen molar-refractivity contribution in [2.24, 2.45) is 0 Å². The highest BCUT2D eigenvalue weighted by molar-refractivity contribution is 7.91. The highest BCUT2D eigenvalue weighted by Crippen LogP contribution is 2.30. The quantitative estimate of drug-likeness (QED) is 0.596. The third kappa shape index (κ3) is 4.93. The maximum absolute atomic E-state index is 12.8. The fraction of sp³-hybridized carbons (Fsp3) is 0.421. The largest absolute Gasteiger partial charge is 0.456 e. The second-order valence-corrected chi connectivity index (χ2v) is 9.29. The van der Waals surface area contributed by atoms with Gasteiger partial charge in [0.2, 0.25) is 0 Å². The van der Waals surface area contributed by atoms with E-state index in [0.717, 1.165) is 18.4 Å². The van der Waals surface area contributed by atoms with Crippen molar-refractivity contribution in [2.75, 3.05) is 7.05 Å². The van der Waals surface area contributed by atoms with Crippen molar-refractivity contribution in [3.63, 3.8) is 0 Å². The zero-order valence-electron chi connectivity index (χ0n) is 15.3. The molecular weight excluding hydrogens is 370 g/mol. The minimum absolute atomic E-state index is 0.274. The van der Waals surface area contributed by atoms with Crippen molar-refractivity contribution in [2.45, 2.75) is 49.5 Å². The van der Waals surface area contributed by atoms with Crippen molar-refractivity contribution in [1.82, 2.24) is 4.31 Å². The van der Waals surface area contributed by atoms with E-state index in [9.17, 15) is 13.2 Å². The summed E-state index contributed by atoms with van der Waals surface area (Å²) in [6.07, 6.45) is 1.31. The molecule has 1 aromatic heterocycles. The van der Waals surface area contributed by atoms with Gasteiger partial charge in [-0.1, -0.05) is 49.7 Å². The zero-order valence-corrected chi connectivity index (χ0v) is 16.9. The minimum Gasteiger partial charge on any atom is -0.456 e. The zero-order chi connectivity index (χ0) is 19.2. The molecule has 0 spiro atoms. The molecule has 0 aliphatic heterocycles. The summed E-state index contributed by atoms with van der Waals surface area (Å²) in [4.78, 5) is 12.2. The van der Waals surface area contributed by atoms with Crippen LogP contribution >= 0.6 is 11.3 Å². The summed E-state index contributed by atoms with van der Waals surface area (Å²) in [5.74, 6) is -0.311. The Bertz CT molecular complexity index is 788. The van der Waals surface area contributed by atoms with Gasteiger partial charge in [0, 0.05) is 13.5 Å². The Morgan fingerprint density at radius 3 is 2.46 bits per heavy atom. The number of nitrogens with zero attached hydrogens (tertiary/aromatic N) is 1. The van der Waals surface area contributed by atoms with Gasteiger partial charge in [0.1, 0.15) is 10.3 Å². The van der Waals surface area contributed by atoms with Gasteiger partial charge < -0.3 is 4.74 Å². The molecule has 0 bridgehead atoms. The van der Waals surface area contributed by atoms with Crippen LogP contribution in [0.15, 0.2) is 52.1 Å². The predicted octanol–water partition coefficient (Wildman–Crippen LogP) is 4.23. The van der Waals surface area contributed by atoms with Gasteiger partial charge in [-0.2, -0.15) is 4.31 Å². The topological polar surface area (TPSA) is 63.7 Å². The van der Waals surface area contributed by atoms with Crippen molar-refractivity contribution in [3.8, 4) is 0 Å². The van der Waals surface area contributed by atoms with Gasteiger partial charge in [0.05, 0.1) is 6.04 Å². The van der Waals surface area contributed by atoms with Gasteiger partial charge in [0.25, 0.3) is 10.0 Å². The van der Waals surface area contributed by atoms with Gasteiger partial charge in [-0.3, -0.25) is 4.79 Å². The Kier molecular flexibility index (Phi) is 7.37. The van der Waals surface area contributed by atoms with Crippen molar-refractivity contribution >= 4 is 27.3 Å². The fourth-order valence-electron chi connectivity index (χ4n) is 2.57. The molecule has 0 saturated heterocycles. The first-order valence-corrected chi connectivity index (χ1v) is 11.0. The van der Waals surface area contributed by atoms with Gasteiger partial charge in [-0.15, -0.1) is 11.3 Å². The van der Waals surface area contributed by atoms with E-state index in [4.69, 9.17) is 4.74 Å². The number of benzene rings is 1. The lowest BCUT2D eigenvalue weighted by Gasteiger charge is -2.31. The summed E-state index contributed by atoms with van der Waals surface area (Å²) in [6.45, 7) is 3.77. The average Bonchev–Trinajstić information content (AvgIpc) is 3.19. The van der Waals surface area contributed by atoms with Crippen LogP contribution in [-0.2, 0) is 19.6 Å². The number of sulfonamides is 1. The van der Waals surface area contributed by atoms with Crippen LogP contribution in [0.25, 0.3) is 0 Å². The molecule has 0 unspecified atom stereocenters. The third-order valence-corrected chi connectivity index (χ3v) is 7.58. The Labute approximate surface area is 159 Å². The Balaban J connectivity index is 2.27. The predicted molar refractivity (Wildman–Crippen MR) is 104 cm³/mol. The number of carbonyl (C=O) groups excluding carboxylic acids is 1. The van der Waals surface area contributed by atoms with Crippen molar-refractivity contribution in [3.05, 3.63) is 53.4 Å². The summed E-state index contributed by atoms with van der Waals surface area (Å²) in [5, 5.41) is 1.73. The maximum atomic E-state index is 12.8. The normalized spacial score (nSPS) is 14.2. The number of rotatable bonds is 9. The van der Waals surface area contributed by atoms with Crippen molar-refractivity contribution < 1.29 is 17.9 Å². The Hall–Kier alpha value is -1.70. The van der Waals surface area contributed by atoms with E-state index in [1.807, 2.05) is 37.3 Å². The van der Waals surface area contributed by atoms with Crippen LogP contribution in [-0.4, -0.2) is 31.8 Å². The molecule has 0 amide bonds. The smallest absolute Gasteiger partial charge is 0.306 e. The number of ether oxygens (including phenoxy) is 1. The average molecular weight is 396 g/mol. The van der Waals surface area contributed by atoms with Gasteiger partial charge in [-0.25, -0.2) is 8.42 Å². The molecule has 1 aromatic carbocycles. The number of unbranched alkanes of at least 4 members (excludes halogenated alkanes) is 1. The molecule has 2 rings (SSSR count). The second kappa shape index (κ2) is 9.30. The number of hydrogen-bond acceptors (Lipinski definition) is 5. The van der Waals surface area contributed by atoms with Gasteiger partial charge in [0.15, 0.2) is 0 Å². The van der Waals surface area contributed by atoms with Crippen LogP contribution in [0.1, 0.15) is 44.8 Å². The molecule has 0 fully saturated rings. The summed E-state index contributed by atoms with van der Waals surface area (Å²) >= 11 is 1.17. The number of thiophene rings is 1. The monoisotopic (exact) mass is 395 g/mol. The van der Waals surface area contributed by atoms with E-state index >= 15 is 0 Å². The molecule has 2 atom stereocenters. The molecule has 26 heavy (non-hydrogen) atoms. The van der Waals surface area contributed by atoms with Crippen LogP contribution < -0.4 is 0 Å². The molecule has 142 valence electrons.